The Kier molecular flexibility index (Phi) is 7.17. The smallest absolute Gasteiger partial charge is 0.339 e. The van der Waals surface area contributed by atoms with Crippen molar-refractivity contribution in [1.29, 1.82) is 0 Å². The van der Waals surface area contributed by atoms with E-state index in [4.69, 9.17) is 9.72 Å². The molecule has 1 unspecified atom stereocenters. The molecule has 2 aromatic carbocycles. The lowest BCUT2D eigenvalue weighted by molar-refractivity contribution is -0.138. The Morgan fingerprint density at radius 3 is 2.67 bits per heavy atom. The number of hydrogen-bond acceptors (Lipinski definition) is 4. The molecule has 1 amide bonds. The Hall–Kier alpha value is -3.47. The Morgan fingerprint density at radius 1 is 1.06 bits per heavy atom. The molecule has 1 saturated heterocycles. The van der Waals surface area contributed by atoms with Crippen LogP contribution >= 0.6 is 0 Å². The lowest BCUT2D eigenvalue weighted by atomic mass is 9.86. The van der Waals surface area contributed by atoms with Crippen LogP contribution in [0.4, 0.5) is 0 Å². The summed E-state index contributed by atoms with van der Waals surface area (Å²) in [6, 6.07) is 16.4. The summed E-state index contributed by atoms with van der Waals surface area (Å²) in [6.45, 7) is 4.72. The molecule has 1 fully saturated rings. The topological polar surface area (TPSA) is 59.5 Å². The van der Waals surface area contributed by atoms with Crippen LogP contribution in [0.1, 0.15) is 78.2 Å². The first kappa shape index (κ1) is 24.2. The zero-order valence-electron chi connectivity index (χ0n) is 21.3. The molecule has 1 aliphatic heterocycles. The van der Waals surface area contributed by atoms with E-state index < -0.39 is 5.97 Å². The van der Waals surface area contributed by atoms with E-state index in [9.17, 15) is 9.59 Å². The summed E-state index contributed by atoms with van der Waals surface area (Å²) in [5.74, 6) is -0.526. The molecule has 1 atom stereocenters. The molecule has 5 nitrogen and oxygen atoms in total. The molecular weight excluding hydrogens is 448 g/mol. The Balaban J connectivity index is 1.47. The first-order valence-corrected chi connectivity index (χ1v) is 13.2. The van der Waals surface area contributed by atoms with Gasteiger partial charge in [-0.15, -0.1) is 0 Å². The number of nitrogens with zero attached hydrogens (tertiary/aromatic N) is 2. The highest BCUT2D eigenvalue weighted by Crippen LogP contribution is 2.36. The zero-order chi connectivity index (χ0) is 25.1. The molecule has 0 bridgehead atoms. The van der Waals surface area contributed by atoms with Gasteiger partial charge in [0.1, 0.15) is 0 Å². The summed E-state index contributed by atoms with van der Waals surface area (Å²) in [5, 5.41) is 0.787. The Bertz CT molecular complexity index is 1310. The first-order chi connectivity index (χ1) is 17.5. The van der Waals surface area contributed by atoms with Crippen molar-refractivity contribution in [3.8, 4) is 0 Å². The van der Waals surface area contributed by atoms with Crippen LogP contribution < -0.4 is 0 Å². The van der Waals surface area contributed by atoms with Gasteiger partial charge in [0, 0.05) is 18.0 Å². The number of aromatic nitrogens is 1. The van der Waals surface area contributed by atoms with Crippen LogP contribution in [0.5, 0.6) is 0 Å². The number of piperidine rings is 1. The number of para-hydroxylation sites is 1. The molecule has 0 radical (unpaired) electrons. The van der Waals surface area contributed by atoms with Crippen LogP contribution in [-0.2, 0) is 16.0 Å². The molecule has 2 aliphatic rings. The molecule has 1 aliphatic carbocycles. The number of pyridine rings is 1. The van der Waals surface area contributed by atoms with Crippen molar-refractivity contribution in [2.75, 3.05) is 13.2 Å². The zero-order valence-corrected chi connectivity index (χ0v) is 21.3. The summed E-state index contributed by atoms with van der Waals surface area (Å²) in [5.41, 5.74) is 6.62. The van der Waals surface area contributed by atoms with Crippen LogP contribution in [-0.4, -0.2) is 41.0 Å². The third kappa shape index (κ3) is 4.92. The largest absolute Gasteiger partial charge is 0.452 e. The number of amides is 1. The molecule has 3 aromatic rings. The fourth-order valence-corrected chi connectivity index (χ4v) is 5.61. The van der Waals surface area contributed by atoms with Gasteiger partial charge in [-0.25, -0.2) is 9.78 Å². The normalized spacial score (nSPS) is 18.8. The summed E-state index contributed by atoms with van der Waals surface area (Å²) in [6.07, 6.45) is 8.90. The Labute approximate surface area is 213 Å². The molecule has 0 N–H and O–H groups in total. The van der Waals surface area contributed by atoms with Gasteiger partial charge < -0.3 is 9.64 Å². The second-order valence-electron chi connectivity index (χ2n) is 9.99. The van der Waals surface area contributed by atoms with Gasteiger partial charge in [0.25, 0.3) is 5.91 Å². The molecule has 1 aromatic heterocycles. The number of rotatable bonds is 5. The number of allylic oxidation sites excluding steroid dienone is 1. The Morgan fingerprint density at radius 2 is 1.86 bits per heavy atom. The van der Waals surface area contributed by atoms with Crippen LogP contribution in [0, 0.1) is 6.92 Å². The maximum absolute atomic E-state index is 13.5. The average Bonchev–Trinajstić information content (AvgIpc) is 2.91. The van der Waals surface area contributed by atoms with Gasteiger partial charge in [0.2, 0.25) is 0 Å². The summed E-state index contributed by atoms with van der Waals surface area (Å²) >= 11 is 0. The minimum atomic E-state index is -0.431. The second-order valence-corrected chi connectivity index (χ2v) is 9.99. The number of carbonyl (C=O) groups excluding carboxylic acids is 2. The monoisotopic (exact) mass is 482 g/mol. The van der Waals surface area contributed by atoms with Crippen molar-refractivity contribution >= 4 is 34.4 Å². The van der Waals surface area contributed by atoms with Crippen molar-refractivity contribution in [2.45, 2.75) is 64.8 Å². The van der Waals surface area contributed by atoms with E-state index >= 15 is 0 Å². The molecular formula is C31H34N2O3. The minimum Gasteiger partial charge on any atom is -0.452 e. The number of fused-ring (bicyclic) bond motifs is 2. The minimum absolute atomic E-state index is 0.0953. The second kappa shape index (κ2) is 10.7. The summed E-state index contributed by atoms with van der Waals surface area (Å²) < 4.78 is 5.70. The fourth-order valence-electron chi connectivity index (χ4n) is 5.61. The van der Waals surface area contributed by atoms with Gasteiger partial charge >= 0.3 is 5.97 Å². The molecule has 186 valence electrons. The van der Waals surface area contributed by atoms with Crippen LogP contribution in [0.25, 0.3) is 22.6 Å². The van der Waals surface area contributed by atoms with E-state index in [1.54, 1.807) is 0 Å². The average molecular weight is 483 g/mol. The summed E-state index contributed by atoms with van der Waals surface area (Å²) in [4.78, 5) is 33.4. The van der Waals surface area contributed by atoms with Gasteiger partial charge in [-0.1, -0.05) is 55.0 Å². The lowest BCUT2D eigenvalue weighted by Gasteiger charge is -2.35. The van der Waals surface area contributed by atoms with Crippen molar-refractivity contribution in [3.05, 3.63) is 76.5 Å². The number of likely N-dealkylation sites (tertiary alicyclic amines) is 1. The number of esters is 1. The van der Waals surface area contributed by atoms with Crippen LogP contribution in [0.2, 0.25) is 0 Å². The third-order valence-corrected chi connectivity index (χ3v) is 7.54. The van der Waals surface area contributed by atoms with Gasteiger partial charge in [-0.3, -0.25) is 4.79 Å². The quantitative estimate of drug-likeness (QED) is 0.397. The number of benzene rings is 2. The van der Waals surface area contributed by atoms with E-state index in [0.717, 1.165) is 84.8 Å². The van der Waals surface area contributed by atoms with Crippen LogP contribution in [0.3, 0.4) is 0 Å². The lowest BCUT2D eigenvalue weighted by Crippen LogP contribution is -2.45. The molecule has 5 heteroatoms. The maximum Gasteiger partial charge on any atom is 0.339 e. The highest BCUT2D eigenvalue weighted by molar-refractivity contribution is 6.07. The molecule has 0 saturated carbocycles. The fraction of sp³-hybridized carbons (Fsp3) is 0.387. The number of carbonyl (C=O) groups is 2. The third-order valence-electron chi connectivity index (χ3n) is 7.54. The van der Waals surface area contributed by atoms with Gasteiger partial charge in [-0.2, -0.15) is 0 Å². The molecule has 36 heavy (non-hydrogen) atoms. The number of aryl methyl sites for hydroxylation is 1. The summed E-state index contributed by atoms with van der Waals surface area (Å²) in [7, 11) is 0. The van der Waals surface area contributed by atoms with Crippen molar-refractivity contribution in [1.82, 2.24) is 9.88 Å². The molecule has 2 heterocycles. The van der Waals surface area contributed by atoms with Gasteiger partial charge in [-0.05, 0) is 80.7 Å². The van der Waals surface area contributed by atoms with Crippen molar-refractivity contribution in [3.63, 3.8) is 0 Å². The standard InChI is InChI=1S/C31H34N2O3/c1-3-24-10-6-7-18-33(24)28(34)20-36-31(35)29-25-11-4-5-13-27(25)32-30-23(9-8-12-26(29)30)19-22-16-14-21(2)15-17-22/h4-5,11,13-17,19,24H,3,6-10,12,18,20H2,1-2H3. The highest BCUT2D eigenvalue weighted by Gasteiger charge is 2.29. The van der Waals surface area contributed by atoms with E-state index in [1.807, 2.05) is 29.2 Å². The van der Waals surface area contributed by atoms with Crippen molar-refractivity contribution in [2.24, 2.45) is 0 Å². The van der Waals surface area contributed by atoms with E-state index in [-0.39, 0.29) is 18.6 Å². The van der Waals surface area contributed by atoms with E-state index in [2.05, 4.69) is 44.2 Å². The van der Waals surface area contributed by atoms with Crippen molar-refractivity contribution < 1.29 is 14.3 Å². The number of hydrogen-bond donors (Lipinski definition) is 0. The molecule has 0 spiro atoms. The maximum atomic E-state index is 13.5. The van der Waals surface area contributed by atoms with Crippen LogP contribution in [0.15, 0.2) is 48.5 Å². The van der Waals surface area contributed by atoms with Gasteiger partial charge in [0.15, 0.2) is 6.61 Å². The highest BCUT2D eigenvalue weighted by atomic mass is 16.5. The van der Waals surface area contributed by atoms with E-state index in [1.165, 1.54) is 5.56 Å². The number of ether oxygens (including phenoxy) is 1. The SMILES string of the molecule is CCC1CCCCN1C(=O)COC(=O)c1c2c(nc3ccccc13)C(=Cc1ccc(C)cc1)CCC2. The van der Waals surface area contributed by atoms with E-state index in [0.29, 0.717) is 5.56 Å². The predicted octanol–water partition coefficient (Wildman–Crippen LogP) is 6.37. The first-order valence-electron chi connectivity index (χ1n) is 13.2. The van der Waals surface area contributed by atoms with Gasteiger partial charge in [0.05, 0.1) is 16.8 Å². The predicted molar refractivity (Wildman–Crippen MR) is 144 cm³/mol. The molecule has 5 rings (SSSR count).